The highest BCUT2D eigenvalue weighted by Crippen LogP contribution is 2.33. The highest BCUT2D eigenvalue weighted by molar-refractivity contribution is 7.10. The van der Waals surface area contributed by atoms with Crippen molar-refractivity contribution in [3.8, 4) is 5.75 Å². The number of benzene rings is 1. The van der Waals surface area contributed by atoms with Crippen molar-refractivity contribution >= 4 is 22.7 Å². The molecule has 0 radical (unpaired) electrons. The SMILES string of the molecule is CCOc1cc(NC(CC)c2cccs2)c(N)cc1F. The van der Waals surface area contributed by atoms with Crippen molar-refractivity contribution in [2.45, 2.75) is 26.3 Å². The molecule has 2 rings (SSSR count). The van der Waals surface area contributed by atoms with Crippen molar-refractivity contribution in [1.29, 1.82) is 0 Å². The van der Waals surface area contributed by atoms with E-state index in [4.69, 9.17) is 10.5 Å². The van der Waals surface area contributed by atoms with E-state index >= 15 is 0 Å². The van der Waals surface area contributed by atoms with Gasteiger partial charge in [0.2, 0.25) is 0 Å². The van der Waals surface area contributed by atoms with Crippen molar-refractivity contribution in [3.63, 3.8) is 0 Å². The zero-order valence-corrected chi connectivity index (χ0v) is 12.5. The van der Waals surface area contributed by atoms with E-state index in [1.807, 2.05) is 18.4 Å². The van der Waals surface area contributed by atoms with Crippen LogP contribution in [0.4, 0.5) is 15.8 Å². The highest BCUT2D eigenvalue weighted by atomic mass is 32.1. The summed E-state index contributed by atoms with van der Waals surface area (Å²) in [4.78, 5) is 1.23. The van der Waals surface area contributed by atoms with Gasteiger partial charge >= 0.3 is 0 Å². The summed E-state index contributed by atoms with van der Waals surface area (Å²) in [6.45, 7) is 4.34. The van der Waals surface area contributed by atoms with Gasteiger partial charge in [-0.2, -0.15) is 0 Å². The van der Waals surface area contributed by atoms with Gasteiger partial charge in [0.25, 0.3) is 0 Å². The Hall–Kier alpha value is -1.75. The number of hydrogen-bond donors (Lipinski definition) is 2. The Kier molecular flexibility index (Phi) is 4.84. The van der Waals surface area contributed by atoms with Gasteiger partial charge in [0.1, 0.15) is 0 Å². The lowest BCUT2D eigenvalue weighted by Gasteiger charge is -2.19. The molecule has 1 heterocycles. The first kappa shape index (κ1) is 14.7. The summed E-state index contributed by atoms with van der Waals surface area (Å²) >= 11 is 1.69. The topological polar surface area (TPSA) is 47.3 Å². The molecule has 5 heteroatoms. The Morgan fingerprint density at radius 3 is 2.80 bits per heavy atom. The minimum Gasteiger partial charge on any atom is -0.491 e. The molecular weight excluding hydrogens is 275 g/mol. The molecule has 0 saturated heterocycles. The van der Waals surface area contributed by atoms with Crippen LogP contribution in [0.25, 0.3) is 0 Å². The van der Waals surface area contributed by atoms with Gasteiger partial charge in [0, 0.05) is 17.0 Å². The van der Waals surface area contributed by atoms with Gasteiger partial charge < -0.3 is 15.8 Å². The van der Waals surface area contributed by atoms with Crippen LogP contribution in [0.5, 0.6) is 5.75 Å². The fourth-order valence-corrected chi connectivity index (χ4v) is 2.87. The van der Waals surface area contributed by atoms with Crippen LogP contribution in [0.15, 0.2) is 29.6 Å². The molecule has 108 valence electrons. The molecule has 1 aromatic carbocycles. The van der Waals surface area contributed by atoms with Crippen molar-refractivity contribution in [2.24, 2.45) is 0 Å². The van der Waals surface area contributed by atoms with Gasteiger partial charge in [0.05, 0.1) is 24.0 Å². The molecule has 0 aliphatic rings. The lowest BCUT2D eigenvalue weighted by atomic mass is 10.1. The van der Waals surface area contributed by atoms with E-state index in [2.05, 4.69) is 18.3 Å². The van der Waals surface area contributed by atoms with Gasteiger partial charge in [-0.1, -0.05) is 13.0 Å². The predicted molar refractivity (Wildman–Crippen MR) is 83.0 cm³/mol. The maximum atomic E-state index is 13.7. The molecular formula is C15H19FN2OS. The lowest BCUT2D eigenvalue weighted by molar-refractivity contribution is 0.322. The van der Waals surface area contributed by atoms with E-state index < -0.39 is 5.82 Å². The first-order valence-corrected chi connectivity index (χ1v) is 7.55. The second kappa shape index (κ2) is 6.61. The minimum absolute atomic E-state index is 0.164. The smallest absolute Gasteiger partial charge is 0.167 e. The first-order valence-electron chi connectivity index (χ1n) is 6.67. The van der Waals surface area contributed by atoms with Gasteiger partial charge in [-0.25, -0.2) is 4.39 Å². The molecule has 0 amide bonds. The quantitative estimate of drug-likeness (QED) is 0.775. The summed E-state index contributed by atoms with van der Waals surface area (Å²) in [5, 5.41) is 5.41. The zero-order chi connectivity index (χ0) is 14.5. The minimum atomic E-state index is -0.431. The molecule has 2 aromatic rings. The number of halogens is 1. The Labute approximate surface area is 122 Å². The lowest BCUT2D eigenvalue weighted by Crippen LogP contribution is -2.10. The van der Waals surface area contributed by atoms with Gasteiger partial charge in [0.15, 0.2) is 11.6 Å². The molecule has 20 heavy (non-hydrogen) atoms. The summed E-state index contributed by atoms with van der Waals surface area (Å²) in [5.41, 5.74) is 6.98. The largest absolute Gasteiger partial charge is 0.491 e. The maximum absolute atomic E-state index is 13.7. The second-order valence-corrected chi connectivity index (χ2v) is 5.40. The maximum Gasteiger partial charge on any atom is 0.167 e. The van der Waals surface area contributed by atoms with Crippen LogP contribution in [-0.4, -0.2) is 6.61 Å². The standard InChI is InChI=1S/C15H19FN2OS/c1-3-12(15-6-5-7-20-15)18-13-9-14(19-4-2)10(16)8-11(13)17/h5-9,12,18H,3-4,17H2,1-2H3. The Morgan fingerprint density at radius 2 is 2.20 bits per heavy atom. The molecule has 0 aliphatic heterocycles. The molecule has 3 N–H and O–H groups in total. The van der Waals surface area contributed by atoms with Gasteiger partial charge in [-0.05, 0) is 24.8 Å². The third-order valence-electron chi connectivity index (χ3n) is 3.03. The van der Waals surface area contributed by atoms with E-state index in [-0.39, 0.29) is 11.8 Å². The fourth-order valence-electron chi connectivity index (χ4n) is 2.01. The van der Waals surface area contributed by atoms with Crippen molar-refractivity contribution in [2.75, 3.05) is 17.7 Å². The molecule has 0 bridgehead atoms. The predicted octanol–water partition coefficient (Wildman–Crippen LogP) is 4.43. The third-order valence-corrected chi connectivity index (χ3v) is 4.01. The average Bonchev–Trinajstić information content (AvgIpc) is 2.94. The van der Waals surface area contributed by atoms with Crippen LogP contribution >= 0.6 is 11.3 Å². The van der Waals surface area contributed by atoms with Crippen molar-refractivity contribution in [3.05, 3.63) is 40.3 Å². The zero-order valence-electron chi connectivity index (χ0n) is 11.7. The molecule has 1 unspecified atom stereocenters. The Bertz CT molecular complexity index is 557. The van der Waals surface area contributed by atoms with E-state index in [1.54, 1.807) is 17.4 Å². The number of ether oxygens (including phenoxy) is 1. The molecule has 1 atom stereocenters. The highest BCUT2D eigenvalue weighted by Gasteiger charge is 2.14. The summed E-state index contributed by atoms with van der Waals surface area (Å²) in [6.07, 6.45) is 0.918. The van der Waals surface area contributed by atoms with E-state index in [9.17, 15) is 4.39 Å². The van der Waals surface area contributed by atoms with Gasteiger partial charge in [-0.15, -0.1) is 11.3 Å². The number of nitrogens with two attached hydrogens (primary N) is 1. The molecule has 1 aromatic heterocycles. The molecule has 0 saturated carbocycles. The first-order chi connectivity index (χ1) is 9.65. The average molecular weight is 294 g/mol. The summed E-state index contributed by atoms with van der Waals surface area (Å²) in [7, 11) is 0. The Morgan fingerprint density at radius 1 is 1.40 bits per heavy atom. The third kappa shape index (κ3) is 3.22. The van der Waals surface area contributed by atoms with E-state index in [0.717, 1.165) is 6.42 Å². The monoisotopic (exact) mass is 294 g/mol. The number of rotatable bonds is 6. The van der Waals surface area contributed by atoms with Crippen LogP contribution in [0.2, 0.25) is 0 Å². The van der Waals surface area contributed by atoms with Crippen LogP contribution in [0, 0.1) is 5.82 Å². The van der Waals surface area contributed by atoms with E-state index in [0.29, 0.717) is 18.0 Å². The second-order valence-electron chi connectivity index (χ2n) is 4.42. The van der Waals surface area contributed by atoms with Crippen LogP contribution in [0.3, 0.4) is 0 Å². The fraction of sp³-hybridized carbons (Fsp3) is 0.333. The van der Waals surface area contributed by atoms with Crippen LogP contribution in [-0.2, 0) is 0 Å². The molecule has 0 aliphatic carbocycles. The number of nitrogen functional groups attached to an aromatic ring is 1. The summed E-state index contributed by atoms with van der Waals surface area (Å²) in [6, 6.07) is 7.19. The number of thiophene rings is 1. The molecule has 3 nitrogen and oxygen atoms in total. The molecule has 0 fully saturated rings. The number of anilines is 2. The van der Waals surface area contributed by atoms with Crippen LogP contribution < -0.4 is 15.8 Å². The van der Waals surface area contributed by atoms with Crippen molar-refractivity contribution in [1.82, 2.24) is 0 Å². The summed E-state index contributed by atoms with van der Waals surface area (Å²) in [5.74, 6) is -0.204. The van der Waals surface area contributed by atoms with Gasteiger partial charge in [-0.3, -0.25) is 0 Å². The Balaban J connectivity index is 2.25. The van der Waals surface area contributed by atoms with Crippen LogP contribution in [0.1, 0.15) is 31.2 Å². The van der Waals surface area contributed by atoms with Crippen molar-refractivity contribution < 1.29 is 9.13 Å². The molecule has 0 spiro atoms. The summed E-state index contributed by atoms with van der Waals surface area (Å²) < 4.78 is 18.9. The van der Waals surface area contributed by atoms with E-state index in [1.165, 1.54) is 10.9 Å². The normalized spacial score (nSPS) is 12.2. The number of hydrogen-bond acceptors (Lipinski definition) is 4. The number of nitrogens with one attached hydrogen (secondary N) is 1.